The van der Waals surface area contributed by atoms with E-state index in [0.29, 0.717) is 24.8 Å². The van der Waals surface area contributed by atoms with E-state index in [9.17, 15) is 19.2 Å². The summed E-state index contributed by atoms with van der Waals surface area (Å²) in [5.41, 5.74) is -2.11. The highest BCUT2D eigenvalue weighted by Gasteiger charge is 2.47. The minimum atomic E-state index is -1.32. The molecule has 0 amide bonds. The van der Waals surface area contributed by atoms with Crippen molar-refractivity contribution in [2.45, 2.75) is 53.4 Å². The first kappa shape index (κ1) is 16.5. The lowest BCUT2D eigenvalue weighted by Crippen LogP contribution is -2.43. The Bertz CT molecular complexity index is 469. The molecule has 4 heteroatoms. The van der Waals surface area contributed by atoms with Crippen molar-refractivity contribution in [3.05, 3.63) is 12.2 Å². The van der Waals surface area contributed by atoms with Gasteiger partial charge in [0.2, 0.25) is 0 Å². The van der Waals surface area contributed by atoms with Crippen LogP contribution >= 0.6 is 0 Å². The number of rotatable bonds is 5. The predicted molar refractivity (Wildman–Crippen MR) is 75.2 cm³/mol. The van der Waals surface area contributed by atoms with Crippen molar-refractivity contribution in [2.75, 3.05) is 0 Å². The quantitative estimate of drug-likeness (QED) is 0.572. The fourth-order valence-corrected chi connectivity index (χ4v) is 2.66. The van der Waals surface area contributed by atoms with Crippen LogP contribution in [0.15, 0.2) is 12.2 Å². The number of hydrogen-bond donors (Lipinski definition) is 0. The zero-order chi connectivity index (χ0) is 15.7. The molecule has 1 saturated carbocycles. The molecule has 4 nitrogen and oxygen atoms in total. The van der Waals surface area contributed by atoms with Gasteiger partial charge in [0, 0.05) is 12.8 Å². The van der Waals surface area contributed by atoms with E-state index in [1.54, 1.807) is 6.92 Å². The van der Waals surface area contributed by atoms with E-state index in [0.717, 1.165) is 0 Å². The van der Waals surface area contributed by atoms with E-state index in [4.69, 9.17) is 0 Å². The normalized spacial score (nSPS) is 18.8. The molecule has 0 spiro atoms. The molecule has 0 aromatic carbocycles. The second-order valence-electron chi connectivity index (χ2n) is 6.05. The largest absolute Gasteiger partial charge is 0.299 e. The van der Waals surface area contributed by atoms with Crippen LogP contribution < -0.4 is 0 Å². The number of carbonyl (C=O) groups excluding carboxylic acids is 4. The molecule has 0 N–H and O–H groups in total. The zero-order valence-electron chi connectivity index (χ0n) is 12.7. The summed E-state index contributed by atoms with van der Waals surface area (Å²) >= 11 is 0. The summed E-state index contributed by atoms with van der Waals surface area (Å²) in [6.45, 7) is 9.61. The molecule has 0 aromatic heterocycles. The van der Waals surface area contributed by atoms with Crippen LogP contribution in [0.4, 0.5) is 0 Å². The number of allylic oxidation sites excluding steroid dienone is 1. The van der Waals surface area contributed by atoms with Gasteiger partial charge in [0.1, 0.15) is 28.5 Å². The monoisotopic (exact) mass is 278 g/mol. The SMILES string of the molecule is C=C(CC1(C)C(=O)CCCC1=O)C(C)(C(C)=O)C(C)=O. The Kier molecular flexibility index (Phi) is 4.47. The maximum Gasteiger partial charge on any atom is 0.147 e. The minimum Gasteiger partial charge on any atom is -0.299 e. The van der Waals surface area contributed by atoms with Crippen LogP contribution in [0.2, 0.25) is 0 Å². The fraction of sp³-hybridized carbons (Fsp3) is 0.625. The van der Waals surface area contributed by atoms with Gasteiger partial charge in [-0.15, -0.1) is 0 Å². The maximum atomic E-state index is 12.1. The van der Waals surface area contributed by atoms with Crippen molar-refractivity contribution in [2.24, 2.45) is 10.8 Å². The van der Waals surface area contributed by atoms with Crippen molar-refractivity contribution in [3.63, 3.8) is 0 Å². The first-order chi connectivity index (χ1) is 9.06. The average Bonchev–Trinajstić information content (AvgIpc) is 2.34. The van der Waals surface area contributed by atoms with Gasteiger partial charge < -0.3 is 0 Å². The predicted octanol–water partition coefficient (Wildman–Crippen LogP) is 2.45. The molecule has 1 aliphatic rings. The van der Waals surface area contributed by atoms with Gasteiger partial charge in [-0.3, -0.25) is 19.2 Å². The van der Waals surface area contributed by atoms with Crippen LogP contribution in [0.3, 0.4) is 0 Å². The van der Waals surface area contributed by atoms with Crippen LogP contribution in [0, 0.1) is 10.8 Å². The molecule has 0 bridgehead atoms. The topological polar surface area (TPSA) is 68.3 Å². The Morgan fingerprint density at radius 2 is 1.55 bits per heavy atom. The van der Waals surface area contributed by atoms with E-state index in [1.807, 2.05) is 0 Å². The molecule has 0 heterocycles. The van der Waals surface area contributed by atoms with Crippen molar-refractivity contribution < 1.29 is 19.2 Å². The molecule has 110 valence electrons. The lowest BCUT2D eigenvalue weighted by Gasteiger charge is -2.35. The number of carbonyl (C=O) groups is 4. The lowest BCUT2D eigenvalue weighted by molar-refractivity contribution is -0.144. The van der Waals surface area contributed by atoms with Crippen molar-refractivity contribution in [1.82, 2.24) is 0 Å². The standard InChI is InChI=1S/C16H22O4/c1-10(16(5,11(2)17)12(3)18)9-15(4)13(19)7-6-8-14(15)20/h1,6-9H2,2-5H3. The third-order valence-corrected chi connectivity index (χ3v) is 4.72. The molecule has 0 aromatic rings. The minimum absolute atomic E-state index is 0.0698. The molecule has 0 atom stereocenters. The number of ketones is 4. The summed E-state index contributed by atoms with van der Waals surface area (Å²) in [6.07, 6.45) is 1.38. The zero-order valence-corrected chi connectivity index (χ0v) is 12.7. The van der Waals surface area contributed by atoms with Gasteiger partial charge >= 0.3 is 0 Å². The Labute approximate surface area is 119 Å². The Balaban J connectivity index is 3.10. The first-order valence-corrected chi connectivity index (χ1v) is 6.83. The van der Waals surface area contributed by atoms with E-state index in [1.165, 1.54) is 20.8 Å². The van der Waals surface area contributed by atoms with E-state index in [-0.39, 0.29) is 29.6 Å². The molecule has 0 aliphatic heterocycles. The summed E-state index contributed by atoms with van der Waals surface area (Å²) in [5.74, 6) is -0.864. The van der Waals surface area contributed by atoms with Crippen LogP contribution in [-0.2, 0) is 19.2 Å². The Hall–Kier alpha value is -1.58. The molecule has 0 radical (unpaired) electrons. The van der Waals surface area contributed by atoms with Gasteiger partial charge in [-0.1, -0.05) is 12.2 Å². The van der Waals surface area contributed by atoms with Crippen molar-refractivity contribution >= 4 is 23.1 Å². The average molecular weight is 278 g/mol. The number of hydrogen-bond acceptors (Lipinski definition) is 4. The highest BCUT2D eigenvalue weighted by Crippen LogP contribution is 2.41. The molecule has 1 rings (SSSR count). The summed E-state index contributed by atoms with van der Waals surface area (Å²) in [5, 5.41) is 0. The third-order valence-electron chi connectivity index (χ3n) is 4.72. The van der Waals surface area contributed by atoms with Gasteiger partial charge in [-0.25, -0.2) is 0 Å². The molecular formula is C16H22O4. The summed E-state index contributed by atoms with van der Waals surface area (Å²) in [6, 6.07) is 0. The summed E-state index contributed by atoms with van der Waals surface area (Å²) in [4.78, 5) is 47.8. The first-order valence-electron chi connectivity index (χ1n) is 6.83. The van der Waals surface area contributed by atoms with Gasteiger partial charge in [0.25, 0.3) is 0 Å². The highest BCUT2D eigenvalue weighted by molar-refractivity contribution is 6.10. The molecule has 20 heavy (non-hydrogen) atoms. The van der Waals surface area contributed by atoms with Crippen molar-refractivity contribution in [1.29, 1.82) is 0 Å². The van der Waals surface area contributed by atoms with Crippen LogP contribution in [0.1, 0.15) is 53.4 Å². The fourth-order valence-electron chi connectivity index (χ4n) is 2.66. The maximum absolute atomic E-state index is 12.1. The van der Waals surface area contributed by atoms with Gasteiger partial charge in [-0.2, -0.15) is 0 Å². The molecule has 1 aliphatic carbocycles. The van der Waals surface area contributed by atoms with E-state index >= 15 is 0 Å². The summed E-state index contributed by atoms with van der Waals surface area (Å²) < 4.78 is 0. The second kappa shape index (κ2) is 5.43. The highest BCUT2D eigenvalue weighted by atomic mass is 16.2. The third kappa shape index (κ3) is 2.51. The van der Waals surface area contributed by atoms with E-state index in [2.05, 4.69) is 6.58 Å². The van der Waals surface area contributed by atoms with E-state index < -0.39 is 10.8 Å². The lowest BCUT2D eigenvalue weighted by atomic mass is 9.64. The van der Waals surface area contributed by atoms with Crippen LogP contribution in [0.25, 0.3) is 0 Å². The Morgan fingerprint density at radius 3 is 1.90 bits per heavy atom. The smallest absolute Gasteiger partial charge is 0.147 e. The summed E-state index contributed by atoms with van der Waals surface area (Å²) in [7, 11) is 0. The van der Waals surface area contributed by atoms with Crippen LogP contribution in [-0.4, -0.2) is 23.1 Å². The van der Waals surface area contributed by atoms with Crippen LogP contribution in [0.5, 0.6) is 0 Å². The van der Waals surface area contributed by atoms with Crippen molar-refractivity contribution in [3.8, 4) is 0 Å². The molecule has 0 unspecified atom stereocenters. The van der Waals surface area contributed by atoms with Gasteiger partial charge in [0.15, 0.2) is 0 Å². The van der Waals surface area contributed by atoms with Gasteiger partial charge in [-0.05, 0) is 40.5 Å². The second-order valence-corrected chi connectivity index (χ2v) is 6.05. The molecule has 0 saturated heterocycles. The number of Topliss-reactive ketones (excluding diaryl/α,β-unsaturated/α-hetero) is 4. The molecular weight excluding hydrogens is 256 g/mol. The van der Waals surface area contributed by atoms with Gasteiger partial charge in [0.05, 0.1) is 5.41 Å². The molecule has 1 fully saturated rings. The Morgan fingerprint density at radius 1 is 1.15 bits per heavy atom.